The summed E-state index contributed by atoms with van der Waals surface area (Å²) in [5.41, 5.74) is 2.92. The number of carbonyl (C=O) groups excluding carboxylic acids is 1. The number of nitrogens with zero attached hydrogens (tertiary/aromatic N) is 1. The van der Waals surface area contributed by atoms with Gasteiger partial charge < -0.3 is 25.4 Å². The Morgan fingerprint density at radius 2 is 1.60 bits per heavy atom. The molecule has 0 bridgehead atoms. The number of hydrogen-bond acceptors (Lipinski definition) is 4. The fourth-order valence-electron chi connectivity index (χ4n) is 2.77. The van der Waals surface area contributed by atoms with Gasteiger partial charge in [0.25, 0.3) is 5.91 Å². The molecule has 2 rings (SSSR count). The van der Waals surface area contributed by atoms with Crippen LogP contribution in [0, 0.1) is 6.92 Å². The average molecular weight is 526 g/mol. The van der Waals surface area contributed by atoms with Crippen LogP contribution >= 0.6 is 24.0 Å². The van der Waals surface area contributed by atoms with Gasteiger partial charge in [0.1, 0.15) is 11.5 Å². The molecule has 0 spiro atoms. The molecule has 0 aromatic heterocycles. The normalized spacial score (nSPS) is 10.6. The lowest BCUT2D eigenvalue weighted by atomic mass is 10.1. The van der Waals surface area contributed by atoms with E-state index < -0.39 is 0 Å². The minimum Gasteiger partial charge on any atom is -0.497 e. The van der Waals surface area contributed by atoms with Gasteiger partial charge >= 0.3 is 0 Å². The van der Waals surface area contributed by atoms with Crippen LogP contribution in [0.3, 0.4) is 0 Å². The number of benzene rings is 2. The molecule has 2 aromatic rings. The van der Waals surface area contributed by atoms with E-state index in [9.17, 15) is 4.79 Å². The number of carbonyl (C=O) groups is 1. The highest BCUT2D eigenvalue weighted by atomic mass is 127. The van der Waals surface area contributed by atoms with E-state index in [0.717, 1.165) is 30.0 Å². The summed E-state index contributed by atoms with van der Waals surface area (Å²) < 4.78 is 10.5. The first-order chi connectivity index (χ1) is 14.1. The predicted octanol–water partition coefficient (Wildman–Crippen LogP) is 2.77. The van der Waals surface area contributed by atoms with Crippen molar-refractivity contribution >= 4 is 35.8 Å². The molecule has 0 aliphatic rings. The molecule has 8 heteroatoms. The molecule has 3 N–H and O–H groups in total. The maximum absolute atomic E-state index is 12.1. The molecule has 1 amide bonds. The van der Waals surface area contributed by atoms with Gasteiger partial charge in [0, 0.05) is 32.2 Å². The van der Waals surface area contributed by atoms with E-state index in [1.54, 1.807) is 45.5 Å². The lowest BCUT2D eigenvalue weighted by Gasteiger charge is -2.13. The van der Waals surface area contributed by atoms with Crippen LogP contribution in [0.2, 0.25) is 0 Å². The van der Waals surface area contributed by atoms with Crippen molar-refractivity contribution in [2.75, 3.05) is 40.9 Å². The molecule has 0 radical (unpaired) electrons. The predicted molar refractivity (Wildman–Crippen MR) is 132 cm³/mol. The molecular weight excluding hydrogens is 495 g/mol. The van der Waals surface area contributed by atoms with Gasteiger partial charge in [0.05, 0.1) is 14.2 Å². The monoisotopic (exact) mass is 526 g/mol. The van der Waals surface area contributed by atoms with Crippen LogP contribution in [-0.2, 0) is 6.42 Å². The molecule has 0 fully saturated rings. The van der Waals surface area contributed by atoms with Crippen molar-refractivity contribution in [2.24, 2.45) is 4.99 Å². The number of hydrogen-bond donors (Lipinski definition) is 3. The summed E-state index contributed by atoms with van der Waals surface area (Å²) in [5, 5.41) is 9.34. The Hall–Kier alpha value is -2.49. The van der Waals surface area contributed by atoms with Gasteiger partial charge in [0.15, 0.2) is 5.96 Å². The zero-order valence-electron chi connectivity index (χ0n) is 18.0. The van der Waals surface area contributed by atoms with E-state index in [-0.39, 0.29) is 29.9 Å². The average Bonchev–Trinajstić information content (AvgIpc) is 2.76. The van der Waals surface area contributed by atoms with E-state index in [1.807, 2.05) is 6.92 Å². The Bertz CT molecular complexity index is 826. The van der Waals surface area contributed by atoms with Gasteiger partial charge in [-0.05, 0) is 54.8 Å². The largest absolute Gasteiger partial charge is 0.497 e. The molecule has 0 heterocycles. The fourth-order valence-corrected chi connectivity index (χ4v) is 2.77. The third-order valence-electron chi connectivity index (χ3n) is 4.46. The summed E-state index contributed by atoms with van der Waals surface area (Å²) in [6, 6.07) is 13.2. The topological polar surface area (TPSA) is 84.0 Å². The lowest BCUT2D eigenvalue weighted by Crippen LogP contribution is -2.42. The number of amides is 1. The molecule has 0 aliphatic carbocycles. The Balaban J connectivity index is 0.00000450. The molecule has 0 saturated heterocycles. The van der Waals surface area contributed by atoms with Crippen molar-refractivity contribution in [1.29, 1.82) is 0 Å². The summed E-state index contributed by atoms with van der Waals surface area (Å²) in [6.07, 6.45) is 0.853. The second-order valence-electron chi connectivity index (χ2n) is 6.46. The van der Waals surface area contributed by atoms with Gasteiger partial charge in [-0.3, -0.25) is 9.79 Å². The summed E-state index contributed by atoms with van der Waals surface area (Å²) >= 11 is 0. The van der Waals surface area contributed by atoms with Gasteiger partial charge in [0.2, 0.25) is 0 Å². The van der Waals surface area contributed by atoms with Crippen molar-refractivity contribution in [2.45, 2.75) is 13.3 Å². The smallest absolute Gasteiger partial charge is 0.251 e. The molecule has 0 saturated carbocycles. The van der Waals surface area contributed by atoms with E-state index in [4.69, 9.17) is 9.47 Å². The standard InChI is InChI=1S/C22H30N4O3.HI/c1-16-5-6-17(15-20(16)29-4)11-12-25-22(23-2)26-14-13-24-21(27)18-7-9-19(28-3)10-8-18;/h5-10,15H,11-14H2,1-4H3,(H,24,27)(H2,23,25,26);1H. The number of methoxy groups -OCH3 is 2. The third kappa shape index (κ3) is 8.10. The first kappa shape index (κ1) is 25.5. The van der Waals surface area contributed by atoms with Crippen LogP contribution in [-0.4, -0.2) is 52.8 Å². The summed E-state index contributed by atoms with van der Waals surface area (Å²) in [4.78, 5) is 16.3. The van der Waals surface area contributed by atoms with E-state index in [2.05, 4.69) is 39.1 Å². The maximum atomic E-state index is 12.1. The van der Waals surface area contributed by atoms with E-state index in [0.29, 0.717) is 24.6 Å². The van der Waals surface area contributed by atoms with Crippen molar-refractivity contribution in [3.63, 3.8) is 0 Å². The Labute approximate surface area is 195 Å². The van der Waals surface area contributed by atoms with Crippen LogP contribution in [0.25, 0.3) is 0 Å². The maximum Gasteiger partial charge on any atom is 0.251 e. The molecule has 7 nitrogen and oxygen atoms in total. The van der Waals surface area contributed by atoms with Crippen LogP contribution in [0.4, 0.5) is 0 Å². The number of ether oxygens (including phenoxy) is 2. The number of aryl methyl sites for hydroxylation is 1. The first-order valence-corrected chi connectivity index (χ1v) is 9.57. The SMILES string of the molecule is CN=C(NCCNC(=O)c1ccc(OC)cc1)NCCc1ccc(C)c(OC)c1.I. The number of halogens is 1. The minimum atomic E-state index is -0.120. The summed E-state index contributed by atoms with van der Waals surface area (Å²) in [6.45, 7) is 3.82. The molecule has 2 aromatic carbocycles. The Morgan fingerprint density at radius 3 is 2.23 bits per heavy atom. The molecule has 0 atom stereocenters. The van der Waals surface area contributed by atoms with Gasteiger partial charge in [-0.15, -0.1) is 24.0 Å². The number of nitrogens with one attached hydrogen (secondary N) is 3. The van der Waals surface area contributed by atoms with Gasteiger partial charge in [-0.25, -0.2) is 0 Å². The van der Waals surface area contributed by atoms with Gasteiger partial charge in [-0.1, -0.05) is 12.1 Å². The molecular formula is C22H31IN4O3. The van der Waals surface area contributed by atoms with E-state index >= 15 is 0 Å². The molecule has 164 valence electrons. The first-order valence-electron chi connectivity index (χ1n) is 9.57. The molecule has 0 aliphatic heterocycles. The van der Waals surface area contributed by atoms with Crippen molar-refractivity contribution in [3.8, 4) is 11.5 Å². The third-order valence-corrected chi connectivity index (χ3v) is 4.46. The fraction of sp³-hybridized carbons (Fsp3) is 0.364. The van der Waals surface area contributed by atoms with Gasteiger partial charge in [-0.2, -0.15) is 0 Å². The van der Waals surface area contributed by atoms with Crippen LogP contribution in [0.5, 0.6) is 11.5 Å². The highest BCUT2D eigenvalue weighted by Crippen LogP contribution is 2.19. The molecule has 0 unspecified atom stereocenters. The summed E-state index contributed by atoms with van der Waals surface area (Å²) in [5.74, 6) is 2.20. The zero-order valence-corrected chi connectivity index (χ0v) is 20.3. The Kier molecular flexibility index (Phi) is 11.7. The minimum absolute atomic E-state index is 0. The number of rotatable bonds is 9. The summed E-state index contributed by atoms with van der Waals surface area (Å²) in [7, 11) is 5.00. The number of aliphatic imine (C=N–C) groups is 1. The van der Waals surface area contributed by atoms with Crippen molar-refractivity contribution in [3.05, 3.63) is 59.2 Å². The van der Waals surface area contributed by atoms with Crippen LogP contribution in [0.1, 0.15) is 21.5 Å². The quantitative estimate of drug-likeness (QED) is 0.203. The second kappa shape index (κ2) is 13.7. The Morgan fingerprint density at radius 1 is 0.933 bits per heavy atom. The van der Waals surface area contributed by atoms with Crippen molar-refractivity contribution < 1.29 is 14.3 Å². The highest BCUT2D eigenvalue weighted by Gasteiger charge is 2.05. The molecule has 30 heavy (non-hydrogen) atoms. The lowest BCUT2D eigenvalue weighted by molar-refractivity contribution is 0.0954. The van der Waals surface area contributed by atoms with Crippen molar-refractivity contribution in [1.82, 2.24) is 16.0 Å². The zero-order chi connectivity index (χ0) is 21.1. The van der Waals surface area contributed by atoms with Crippen LogP contribution < -0.4 is 25.4 Å². The second-order valence-corrected chi connectivity index (χ2v) is 6.46. The number of guanidine groups is 1. The van der Waals surface area contributed by atoms with E-state index in [1.165, 1.54) is 5.56 Å². The highest BCUT2D eigenvalue weighted by molar-refractivity contribution is 14.0. The van der Waals surface area contributed by atoms with Crippen LogP contribution in [0.15, 0.2) is 47.5 Å².